The maximum absolute atomic E-state index is 11.6. The smallest absolute Gasteiger partial charge is 0.288 e. The van der Waals surface area contributed by atoms with Gasteiger partial charge in [0, 0.05) is 12.6 Å². The van der Waals surface area contributed by atoms with E-state index in [-0.39, 0.29) is 22.8 Å². The number of nitrogens with zero attached hydrogens (tertiary/aromatic N) is 1. The van der Waals surface area contributed by atoms with Gasteiger partial charge in [0.05, 0.1) is 23.2 Å². The molecule has 0 saturated heterocycles. The van der Waals surface area contributed by atoms with Crippen LogP contribution >= 0.6 is 11.6 Å². The number of benzene rings is 1. The highest BCUT2D eigenvalue weighted by atomic mass is 35.5. The molecule has 1 atom stereocenters. The Kier molecular flexibility index (Phi) is 5.02. The zero-order chi connectivity index (χ0) is 13.7. The molecule has 0 aliphatic carbocycles. The van der Waals surface area contributed by atoms with Crippen LogP contribution in [-0.2, 0) is 0 Å². The zero-order valence-corrected chi connectivity index (χ0v) is 9.92. The average Bonchev–Trinajstić information content (AvgIpc) is 2.35. The van der Waals surface area contributed by atoms with E-state index in [1.807, 2.05) is 0 Å². The first-order valence-corrected chi connectivity index (χ1v) is 5.35. The Balaban J connectivity index is 2.86. The van der Waals surface area contributed by atoms with Gasteiger partial charge in [-0.15, -0.1) is 0 Å². The molecule has 0 spiro atoms. The Morgan fingerprint density at radius 3 is 2.78 bits per heavy atom. The Hall–Kier alpha value is -1.70. The third kappa shape index (κ3) is 3.39. The van der Waals surface area contributed by atoms with Gasteiger partial charge in [-0.2, -0.15) is 0 Å². The van der Waals surface area contributed by atoms with Gasteiger partial charge >= 0.3 is 0 Å². The van der Waals surface area contributed by atoms with E-state index in [0.29, 0.717) is 0 Å². The molecule has 3 N–H and O–H groups in total. The first-order chi connectivity index (χ1) is 8.47. The molecule has 0 fully saturated rings. The lowest BCUT2D eigenvalue weighted by Crippen LogP contribution is -2.34. The Bertz CT molecular complexity index is 466. The molecule has 0 bridgehead atoms. The largest absolute Gasteiger partial charge is 0.394 e. The lowest BCUT2D eigenvalue weighted by atomic mass is 10.2. The van der Waals surface area contributed by atoms with Gasteiger partial charge in [-0.3, -0.25) is 14.9 Å². The summed E-state index contributed by atoms with van der Waals surface area (Å²) < 4.78 is 0. The lowest BCUT2D eigenvalue weighted by molar-refractivity contribution is -0.384. The van der Waals surface area contributed by atoms with Crippen LogP contribution in [0, 0.1) is 10.1 Å². The molecule has 1 unspecified atom stereocenters. The fourth-order valence-electron chi connectivity index (χ4n) is 1.21. The van der Waals surface area contributed by atoms with E-state index in [9.17, 15) is 14.9 Å². The second-order valence-corrected chi connectivity index (χ2v) is 3.82. The quantitative estimate of drug-likeness (QED) is 0.529. The van der Waals surface area contributed by atoms with Crippen molar-refractivity contribution in [3.05, 3.63) is 38.9 Å². The van der Waals surface area contributed by atoms with Crippen LogP contribution in [0.3, 0.4) is 0 Å². The van der Waals surface area contributed by atoms with E-state index in [2.05, 4.69) is 5.32 Å². The number of nitrogens with one attached hydrogen (secondary N) is 1. The third-order valence-corrected chi connectivity index (χ3v) is 2.53. The predicted molar refractivity (Wildman–Crippen MR) is 63.5 cm³/mol. The van der Waals surface area contributed by atoms with Crippen LogP contribution in [0.5, 0.6) is 0 Å². The molecule has 8 heteroatoms. The van der Waals surface area contributed by atoms with Crippen LogP contribution in [0.25, 0.3) is 0 Å². The van der Waals surface area contributed by atoms with Crippen LogP contribution in [0.15, 0.2) is 18.2 Å². The average molecular weight is 275 g/mol. The fourth-order valence-corrected chi connectivity index (χ4v) is 1.49. The summed E-state index contributed by atoms with van der Waals surface area (Å²) in [6.07, 6.45) is -1.09. The molecule has 0 saturated carbocycles. The monoisotopic (exact) mass is 274 g/mol. The summed E-state index contributed by atoms with van der Waals surface area (Å²) in [6, 6.07) is 3.85. The van der Waals surface area contributed by atoms with Crippen molar-refractivity contribution in [2.24, 2.45) is 0 Å². The first-order valence-electron chi connectivity index (χ1n) is 4.97. The number of rotatable bonds is 5. The minimum absolute atomic E-state index is 0.0593. The van der Waals surface area contributed by atoms with Gasteiger partial charge in [0.1, 0.15) is 5.02 Å². The van der Waals surface area contributed by atoms with Gasteiger partial charge in [-0.25, -0.2) is 0 Å². The fraction of sp³-hybridized carbons (Fsp3) is 0.300. The third-order valence-electron chi connectivity index (χ3n) is 2.13. The van der Waals surface area contributed by atoms with Crippen LogP contribution in [0.1, 0.15) is 10.4 Å². The molecule has 1 aromatic rings. The molecule has 0 heterocycles. The summed E-state index contributed by atoms with van der Waals surface area (Å²) in [7, 11) is 0. The molecule has 0 radical (unpaired) electrons. The molecular weight excluding hydrogens is 264 g/mol. The molecule has 0 aliphatic rings. The topological polar surface area (TPSA) is 113 Å². The number of aliphatic hydroxyl groups excluding tert-OH is 2. The first kappa shape index (κ1) is 14.4. The van der Waals surface area contributed by atoms with Crippen molar-refractivity contribution in [3.8, 4) is 0 Å². The van der Waals surface area contributed by atoms with E-state index < -0.39 is 23.5 Å². The molecule has 18 heavy (non-hydrogen) atoms. The van der Waals surface area contributed by atoms with E-state index in [1.54, 1.807) is 0 Å². The second kappa shape index (κ2) is 6.29. The van der Waals surface area contributed by atoms with E-state index >= 15 is 0 Å². The van der Waals surface area contributed by atoms with Gasteiger partial charge in [-0.1, -0.05) is 17.7 Å². The normalized spacial score (nSPS) is 11.9. The molecule has 1 amide bonds. The van der Waals surface area contributed by atoms with Gasteiger partial charge in [0.2, 0.25) is 0 Å². The standard InChI is InChI=1S/C10H11ClN2O5/c11-9-7(2-1-3-8(9)13(17)18)10(16)12-4-6(15)5-14/h1-3,6,14-15H,4-5H2,(H,12,16). The van der Waals surface area contributed by atoms with Gasteiger partial charge < -0.3 is 15.5 Å². The van der Waals surface area contributed by atoms with Crippen LogP contribution in [0.2, 0.25) is 5.02 Å². The summed E-state index contributed by atoms with van der Waals surface area (Å²) in [4.78, 5) is 21.6. The molecule has 98 valence electrons. The number of nitro groups is 1. The number of carbonyl (C=O) groups is 1. The predicted octanol–water partition coefficient (Wildman–Crippen LogP) is 0.331. The van der Waals surface area contributed by atoms with Crippen molar-refractivity contribution < 1.29 is 19.9 Å². The van der Waals surface area contributed by atoms with Crippen molar-refractivity contribution in [3.63, 3.8) is 0 Å². The maximum Gasteiger partial charge on any atom is 0.288 e. The number of carbonyl (C=O) groups excluding carboxylic acids is 1. The highest BCUT2D eigenvalue weighted by Crippen LogP contribution is 2.27. The van der Waals surface area contributed by atoms with Crippen LogP contribution in [-0.4, -0.2) is 40.3 Å². The summed E-state index contributed by atoms with van der Waals surface area (Å²) in [5, 5.41) is 30.3. The van der Waals surface area contributed by atoms with Crippen molar-refractivity contribution in [1.29, 1.82) is 0 Å². The number of nitro benzene ring substituents is 1. The highest BCUT2D eigenvalue weighted by molar-refractivity contribution is 6.35. The Morgan fingerprint density at radius 1 is 1.56 bits per heavy atom. The van der Waals surface area contributed by atoms with Crippen LogP contribution < -0.4 is 5.32 Å². The van der Waals surface area contributed by atoms with Crippen LogP contribution in [0.4, 0.5) is 5.69 Å². The van der Waals surface area contributed by atoms with Crippen molar-refractivity contribution in [2.45, 2.75) is 6.10 Å². The van der Waals surface area contributed by atoms with Crippen molar-refractivity contribution >= 4 is 23.2 Å². The Labute approximate surface area is 107 Å². The molecular formula is C10H11ClN2O5. The SMILES string of the molecule is O=C(NCC(O)CO)c1cccc([N+](=O)[O-])c1Cl. The molecule has 1 aromatic carbocycles. The summed E-state index contributed by atoms with van der Waals surface area (Å²) in [5.74, 6) is -0.656. The number of aliphatic hydroxyl groups is 2. The highest BCUT2D eigenvalue weighted by Gasteiger charge is 2.20. The number of amides is 1. The second-order valence-electron chi connectivity index (χ2n) is 3.44. The molecule has 1 rings (SSSR count). The van der Waals surface area contributed by atoms with E-state index in [4.69, 9.17) is 21.8 Å². The Morgan fingerprint density at radius 2 is 2.22 bits per heavy atom. The van der Waals surface area contributed by atoms with Crippen molar-refractivity contribution in [1.82, 2.24) is 5.32 Å². The van der Waals surface area contributed by atoms with E-state index in [1.165, 1.54) is 18.2 Å². The summed E-state index contributed by atoms with van der Waals surface area (Å²) in [5.41, 5.74) is -0.428. The number of hydrogen-bond acceptors (Lipinski definition) is 5. The van der Waals surface area contributed by atoms with Crippen molar-refractivity contribution in [2.75, 3.05) is 13.2 Å². The number of hydrogen-bond donors (Lipinski definition) is 3. The minimum Gasteiger partial charge on any atom is -0.394 e. The molecule has 7 nitrogen and oxygen atoms in total. The summed E-state index contributed by atoms with van der Waals surface area (Å²) in [6.45, 7) is -0.669. The minimum atomic E-state index is -1.09. The van der Waals surface area contributed by atoms with E-state index in [0.717, 1.165) is 0 Å². The summed E-state index contributed by atoms with van der Waals surface area (Å²) >= 11 is 5.73. The lowest BCUT2D eigenvalue weighted by Gasteiger charge is -2.09. The molecule has 0 aromatic heterocycles. The maximum atomic E-state index is 11.6. The van der Waals surface area contributed by atoms with Gasteiger partial charge in [0.25, 0.3) is 11.6 Å². The molecule has 0 aliphatic heterocycles. The van der Waals surface area contributed by atoms with Gasteiger partial charge in [0.15, 0.2) is 0 Å². The number of halogens is 1. The van der Waals surface area contributed by atoms with Gasteiger partial charge in [-0.05, 0) is 6.07 Å². The zero-order valence-electron chi connectivity index (χ0n) is 9.17.